The molecule has 0 spiro atoms. The molecule has 0 heterocycles. The van der Waals surface area contributed by atoms with Gasteiger partial charge in [0.05, 0.1) is 6.10 Å². The number of hydrogen-bond donors (Lipinski definition) is 1. The second-order valence-electron chi connectivity index (χ2n) is 5.09. The summed E-state index contributed by atoms with van der Waals surface area (Å²) in [5.41, 5.74) is 0. The van der Waals surface area contributed by atoms with Crippen LogP contribution in [0.2, 0.25) is 0 Å². The molecule has 0 bridgehead atoms. The summed E-state index contributed by atoms with van der Waals surface area (Å²) in [6.07, 6.45) is 0.740. The summed E-state index contributed by atoms with van der Waals surface area (Å²) in [7, 11) is 0. The molecular formula is C16H25NO4. The van der Waals surface area contributed by atoms with Gasteiger partial charge in [0.15, 0.2) is 0 Å². The smallest absolute Gasteiger partial charge is 0.407 e. The third-order valence-electron chi connectivity index (χ3n) is 2.73. The molecule has 0 aliphatic heterocycles. The third kappa shape index (κ3) is 7.44. The minimum absolute atomic E-state index is 0.0662. The maximum atomic E-state index is 11.2. The molecule has 1 atom stereocenters. The standard InChI is InChI=1S/C16H25NO4/c1-5-13(4)21-15-8-6-14(7-9-15)19-10-11-20-16(18)17-12(2)3/h6-9,12-13H,5,10-11H2,1-4H3,(H,17,18). The number of ether oxygens (including phenoxy) is 3. The molecule has 1 N–H and O–H groups in total. The Balaban J connectivity index is 2.25. The Morgan fingerprint density at radius 3 is 2.29 bits per heavy atom. The van der Waals surface area contributed by atoms with Gasteiger partial charge in [-0.15, -0.1) is 0 Å². The molecule has 5 nitrogen and oxygen atoms in total. The Hall–Kier alpha value is -1.91. The van der Waals surface area contributed by atoms with Gasteiger partial charge in [0, 0.05) is 6.04 Å². The number of carbonyl (C=O) groups excluding carboxylic acids is 1. The van der Waals surface area contributed by atoms with Crippen LogP contribution in [-0.2, 0) is 4.74 Å². The zero-order valence-corrected chi connectivity index (χ0v) is 13.2. The molecule has 5 heteroatoms. The maximum absolute atomic E-state index is 11.2. The van der Waals surface area contributed by atoms with Crippen LogP contribution in [0.3, 0.4) is 0 Å². The van der Waals surface area contributed by atoms with Crippen molar-refractivity contribution in [3.8, 4) is 11.5 Å². The third-order valence-corrected chi connectivity index (χ3v) is 2.73. The lowest BCUT2D eigenvalue weighted by Crippen LogP contribution is -2.31. The fraction of sp³-hybridized carbons (Fsp3) is 0.562. The van der Waals surface area contributed by atoms with Gasteiger partial charge in [-0.3, -0.25) is 0 Å². The van der Waals surface area contributed by atoms with E-state index < -0.39 is 6.09 Å². The number of carbonyl (C=O) groups is 1. The highest BCUT2D eigenvalue weighted by molar-refractivity contribution is 5.67. The van der Waals surface area contributed by atoms with Gasteiger partial charge in [-0.2, -0.15) is 0 Å². The fourth-order valence-corrected chi connectivity index (χ4v) is 1.50. The second kappa shape index (κ2) is 9.10. The molecule has 0 aliphatic carbocycles. The van der Waals surface area contributed by atoms with Gasteiger partial charge >= 0.3 is 6.09 Å². The molecule has 21 heavy (non-hydrogen) atoms. The molecule has 1 aromatic carbocycles. The predicted octanol–water partition coefficient (Wildman–Crippen LogP) is 3.38. The van der Waals surface area contributed by atoms with Crippen molar-refractivity contribution < 1.29 is 19.0 Å². The zero-order chi connectivity index (χ0) is 15.7. The number of benzene rings is 1. The number of rotatable bonds is 8. The van der Waals surface area contributed by atoms with Crippen molar-refractivity contribution >= 4 is 6.09 Å². The summed E-state index contributed by atoms with van der Waals surface area (Å²) in [5, 5.41) is 2.64. The van der Waals surface area contributed by atoms with Gasteiger partial charge in [0.2, 0.25) is 0 Å². The van der Waals surface area contributed by atoms with E-state index in [0.717, 1.165) is 17.9 Å². The number of nitrogens with one attached hydrogen (secondary N) is 1. The number of alkyl carbamates (subject to hydrolysis) is 1. The van der Waals surface area contributed by atoms with E-state index in [4.69, 9.17) is 14.2 Å². The summed E-state index contributed by atoms with van der Waals surface area (Å²) in [4.78, 5) is 11.2. The average molecular weight is 295 g/mol. The van der Waals surface area contributed by atoms with Crippen LogP contribution >= 0.6 is 0 Å². The lowest BCUT2D eigenvalue weighted by molar-refractivity contribution is 0.123. The summed E-state index contributed by atoms with van der Waals surface area (Å²) in [6.45, 7) is 8.39. The van der Waals surface area contributed by atoms with Gasteiger partial charge in [0.25, 0.3) is 0 Å². The van der Waals surface area contributed by atoms with Crippen LogP contribution in [0, 0.1) is 0 Å². The van der Waals surface area contributed by atoms with E-state index in [1.807, 2.05) is 45.0 Å². The maximum Gasteiger partial charge on any atom is 0.407 e. The number of hydrogen-bond acceptors (Lipinski definition) is 4. The van der Waals surface area contributed by atoms with E-state index >= 15 is 0 Å². The summed E-state index contributed by atoms with van der Waals surface area (Å²) in [5.74, 6) is 1.55. The molecule has 0 saturated heterocycles. The SMILES string of the molecule is CCC(C)Oc1ccc(OCCOC(=O)NC(C)C)cc1. The van der Waals surface area contributed by atoms with Crippen LogP contribution in [0.15, 0.2) is 24.3 Å². The molecule has 0 saturated carbocycles. The predicted molar refractivity (Wildman–Crippen MR) is 81.9 cm³/mol. The van der Waals surface area contributed by atoms with Crippen LogP contribution < -0.4 is 14.8 Å². The molecule has 1 amide bonds. The van der Waals surface area contributed by atoms with Crippen LogP contribution in [0.1, 0.15) is 34.1 Å². The van der Waals surface area contributed by atoms with Crippen LogP contribution in [0.5, 0.6) is 11.5 Å². The Labute approximate surface area is 126 Å². The highest BCUT2D eigenvalue weighted by Crippen LogP contribution is 2.19. The molecule has 118 valence electrons. The van der Waals surface area contributed by atoms with E-state index in [1.54, 1.807) is 0 Å². The van der Waals surface area contributed by atoms with Gasteiger partial charge < -0.3 is 19.5 Å². The first-order chi connectivity index (χ1) is 10.0. The second-order valence-corrected chi connectivity index (χ2v) is 5.09. The Morgan fingerprint density at radius 2 is 1.71 bits per heavy atom. The van der Waals surface area contributed by atoms with Crippen molar-refractivity contribution in [1.29, 1.82) is 0 Å². The highest BCUT2D eigenvalue weighted by Gasteiger charge is 2.04. The first-order valence-corrected chi connectivity index (χ1v) is 7.34. The Morgan fingerprint density at radius 1 is 1.10 bits per heavy atom. The van der Waals surface area contributed by atoms with Crippen molar-refractivity contribution in [2.75, 3.05) is 13.2 Å². The van der Waals surface area contributed by atoms with Gasteiger partial charge in [-0.1, -0.05) is 6.92 Å². The van der Waals surface area contributed by atoms with E-state index in [9.17, 15) is 4.79 Å². The lowest BCUT2D eigenvalue weighted by Gasteiger charge is -2.13. The zero-order valence-electron chi connectivity index (χ0n) is 13.2. The van der Waals surface area contributed by atoms with E-state index in [0.29, 0.717) is 6.61 Å². The van der Waals surface area contributed by atoms with E-state index in [-0.39, 0.29) is 18.8 Å². The normalized spacial score (nSPS) is 11.9. The average Bonchev–Trinajstić information content (AvgIpc) is 2.44. The van der Waals surface area contributed by atoms with Crippen molar-refractivity contribution in [2.24, 2.45) is 0 Å². The van der Waals surface area contributed by atoms with Crippen molar-refractivity contribution in [3.63, 3.8) is 0 Å². The highest BCUT2D eigenvalue weighted by atomic mass is 16.6. The van der Waals surface area contributed by atoms with Crippen molar-refractivity contribution in [2.45, 2.75) is 46.3 Å². The summed E-state index contributed by atoms with van der Waals surface area (Å²) in [6, 6.07) is 7.48. The molecule has 1 unspecified atom stereocenters. The van der Waals surface area contributed by atoms with Crippen LogP contribution in [0.4, 0.5) is 4.79 Å². The number of amides is 1. The molecule has 0 aliphatic rings. The Kier molecular flexibility index (Phi) is 7.43. The molecule has 0 radical (unpaired) electrons. The first kappa shape index (κ1) is 17.1. The molecule has 1 aromatic rings. The summed E-state index contributed by atoms with van der Waals surface area (Å²) < 4.78 is 16.1. The minimum Gasteiger partial charge on any atom is -0.491 e. The first-order valence-electron chi connectivity index (χ1n) is 7.34. The largest absolute Gasteiger partial charge is 0.491 e. The van der Waals surface area contributed by atoms with Crippen LogP contribution in [0.25, 0.3) is 0 Å². The fourth-order valence-electron chi connectivity index (χ4n) is 1.50. The van der Waals surface area contributed by atoms with E-state index in [1.165, 1.54) is 0 Å². The topological polar surface area (TPSA) is 56.8 Å². The van der Waals surface area contributed by atoms with E-state index in [2.05, 4.69) is 12.2 Å². The monoisotopic (exact) mass is 295 g/mol. The quantitative estimate of drug-likeness (QED) is 0.747. The Bertz CT molecular complexity index is 417. The lowest BCUT2D eigenvalue weighted by atomic mass is 10.3. The molecular weight excluding hydrogens is 270 g/mol. The molecule has 0 fully saturated rings. The van der Waals surface area contributed by atoms with Gasteiger partial charge in [-0.25, -0.2) is 4.79 Å². The molecule has 0 aromatic heterocycles. The minimum atomic E-state index is -0.425. The molecule has 1 rings (SSSR count). The summed E-state index contributed by atoms with van der Waals surface area (Å²) >= 11 is 0. The van der Waals surface area contributed by atoms with Gasteiger partial charge in [-0.05, 0) is 51.5 Å². The van der Waals surface area contributed by atoms with Crippen LogP contribution in [-0.4, -0.2) is 31.5 Å². The van der Waals surface area contributed by atoms with Gasteiger partial charge in [0.1, 0.15) is 24.7 Å². The van der Waals surface area contributed by atoms with Crippen molar-refractivity contribution in [3.05, 3.63) is 24.3 Å². The van der Waals surface area contributed by atoms with Crippen molar-refractivity contribution in [1.82, 2.24) is 5.32 Å².